The summed E-state index contributed by atoms with van der Waals surface area (Å²) in [6.45, 7) is 0. The number of alkyl halides is 3. The van der Waals surface area contributed by atoms with Crippen LogP contribution in [-0.2, 0) is 4.74 Å². The minimum absolute atomic E-state index is 0.0280. The number of hydrogen-bond donors (Lipinski definition) is 1. The number of rotatable bonds is 3. The van der Waals surface area contributed by atoms with Gasteiger partial charge in [0.15, 0.2) is 0 Å². The van der Waals surface area contributed by atoms with Crippen molar-refractivity contribution in [2.75, 3.05) is 7.11 Å². The van der Waals surface area contributed by atoms with Crippen molar-refractivity contribution in [2.24, 2.45) is 0 Å². The summed E-state index contributed by atoms with van der Waals surface area (Å²) >= 11 is 0. The molecule has 0 unspecified atom stereocenters. The number of hydrogen-bond acceptors (Lipinski definition) is 4. The molecule has 3 rings (SSSR count). The molecule has 0 aromatic heterocycles. The fourth-order valence-corrected chi connectivity index (χ4v) is 3.03. The van der Waals surface area contributed by atoms with Gasteiger partial charge in [-0.15, -0.1) is 0 Å². The molecule has 0 spiro atoms. The lowest BCUT2D eigenvalue weighted by Gasteiger charge is -2.39. The zero-order valence-electron chi connectivity index (χ0n) is 14.3. The molecule has 1 aliphatic heterocycles. The van der Waals surface area contributed by atoms with Crippen LogP contribution in [0.4, 0.5) is 13.2 Å². The summed E-state index contributed by atoms with van der Waals surface area (Å²) in [5.41, 5.74) is 0.766. The maximum atomic E-state index is 13.6. The highest BCUT2D eigenvalue weighted by Crippen LogP contribution is 2.49. The molecule has 1 N–H and O–H groups in total. The highest BCUT2D eigenvalue weighted by atomic mass is 19.4. The molecule has 0 saturated carbocycles. The molecule has 0 aliphatic carbocycles. The topological polar surface area (TPSA) is 62.5 Å². The summed E-state index contributed by atoms with van der Waals surface area (Å²) in [4.78, 5) is 0. The molecule has 7 heteroatoms. The predicted molar refractivity (Wildman–Crippen MR) is 91.4 cm³/mol. The van der Waals surface area contributed by atoms with E-state index in [-0.39, 0.29) is 16.9 Å². The van der Waals surface area contributed by atoms with Crippen molar-refractivity contribution in [3.05, 3.63) is 71.3 Å². The lowest BCUT2D eigenvalue weighted by Crippen LogP contribution is -2.50. The van der Waals surface area contributed by atoms with Crippen molar-refractivity contribution < 1.29 is 27.8 Å². The predicted octanol–water partition coefficient (Wildman–Crippen LogP) is 4.38. The molecule has 2 aromatic carbocycles. The summed E-state index contributed by atoms with van der Waals surface area (Å²) in [5, 5.41) is 19.9. The number of halogens is 3. The summed E-state index contributed by atoms with van der Waals surface area (Å²) < 4.78 is 50.7. The second kappa shape index (κ2) is 6.97. The quantitative estimate of drug-likeness (QED) is 0.865. The van der Waals surface area contributed by atoms with Crippen molar-refractivity contribution in [1.29, 1.82) is 5.26 Å². The molecule has 140 valence electrons. The molecule has 0 amide bonds. The third-order valence-corrected chi connectivity index (χ3v) is 4.46. The zero-order chi connectivity index (χ0) is 19.7. The average molecular weight is 375 g/mol. The van der Waals surface area contributed by atoms with Crippen LogP contribution >= 0.6 is 0 Å². The Kier molecular flexibility index (Phi) is 4.85. The standard InChI is InChI=1S/C20H16F3NO3/c1-26-15-9-7-14(8-10-15)18-17(12-24)16(13-5-3-2-4-6-13)11-19(25,27-18)20(21,22)23/h2-10,16,25H,11H2,1H3/t16-,19+/m1/s1. The molecule has 0 radical (unpaired) electrons. The van der Waals surface area contributed by atoms with Crippen molar-refractivity contribution in [3.8, 4) is 11.8 Å². The maximum Gasteiger partial charge on any atom is 0.455 e. The summed E-state index contributed by atoms with van der Waals surface area (Å²) in [6, 6.07) is 16.3. The van der Waals surface area contributed by atoms with Crippen molar-refractivity contribution >= 4 is 5.76 Å². The van der Waals surface area contributed by atoms with Crippen LogP contribution < -0.4 is 4.74 Å². The average Bonchev–Trinajstić information content (AvgIpc) is 2.67. The minimum atomic E-state index is -5.03. The molecule has 0 saturated heterocycles. The second-order valence-corrected chi connectivity index (χ2v) is 6.13. The number of methoxy groups -OCH3 is 1. The van der Waals surface area contributed by atoms with Gasteiger partial charge >= 0.3 is 12.0 Å². The van der Waals surface area contributed by atoms with E-state index < -0.39 is 24.3 Å². The van der Waals surface area contributed by atoms with Crippen LogP contribution in [-0.4, -0.2) is 24.2 Å². The lowest BCUT2D eigenvalue weighted by atomic mass is 9.81. The number of nitriles is 1. The van der Waals surface area contributed by atoms with E-state index in [2.05, 4.69) is 0 Å². The highest BCUT2D eigenvalue weighted by Gasteiger charge is 2.60. The largest absolute Gasteiger partial charge is 0.497 e. The van der Waals surface area contributed by atoms with Gasteiger partial charge in [-0.2, -0.15) is 18.4 Å². The Morgan fingerprint density at radius 3 is 2.30 bits per heavy atom. The third kappa shape index (κ3) is 3.49. The van der Waals surface area contributed by atoms with Crippen LogP contribution in [0.5, 0.6) is 5.75 Å². The normalized spacial score (nSPS) is 22.7. The summed E-state index contributed by atoms with van der Waals surface area (Å²) in [6.07, 6.45) is -5.83. The van der Waals surface area contributed by atoms with Crippen molar-refractivity contribution in [1.82, 2.24) is 0 Å². The maximum absolute atomic E-state index is 13.6. The zero-order valence-corrected chi connectivity index (χ0v) is 14.3. The summed E-state index contributed by atoms with van der Waals surface area (Å²) in [5.74, 6) is -4.16. The Morgan fingerprint density at radius 1 is 1.15 bits per heavy atom. The first kappa shape index (κ1) is 18.8. The molecule has 2 atom stereocenters. The lowest BCUT2D eigenvalue weighted by molar-refractivity contribution is -0.351. The molecular formula is C20H16F3NO3. The fraction of sp³-hybridized carbons (Fsp3) is 0.250. The van der Waals surface area contributed by atoms with E-state index >= 15 is 0 Å². The molecule has 1 aliphatic rings. The number of aliphatic hydroxyl groups is 1. The first-order valence-corrected chi connectivity index (χ1v) is 8.11. The second-order valence-electron chi connectivity index (χ2n) is 6.13. The van der Waals surface area contributed by atoms with Crippen LogP contribution in [0, 0.1) is 11.3 Å². The first-order chi connectivity index (χ1) is 12.8. The smallest absolute Gasteiger partial charge is 0.455 e. The van der Waals surface area contributed by atoms with E-state index in [1.807, 2.05) is 6.07 Å². The molecule has 27 heavy (non-hydrogen) atoms. The van der Waals surface area contributed by atoms with Crippen LogP contribution in [0.15, 0.2) is 60.2 Å². The number of nitrogens with zero attached hydrogens (tertiary/aromatic N) is 1. The van der Waals surface area contributed by atoms with Crippen LogP contribution in [0.3, 0.4) is 0 Å². The number of ether oxygens (including phenoxy) is 2. The van der Waals surface area contributed by atoms with E-state index in [0.29, 0.717) is 11.3 Å². The van der Waals surface area contributed by atoms with Gasteiger partial charge in [-0.3, -0.25) is 0 Å². The Labute approximate surface area is 154 Å². The van der Waals surface area contributed by atoms with E-state index in [1.165, 1.54) is 19.2 Å². The van der Waals surface area contributed by atoms with Gasteiger partial charge in [0.05, 0.1) is 18.8 Å². The Bertz CT molecular complexity index is 885. The van der Waals surface area contributed by atoms with Gasteiger partial charge in [0.2, 0.25) is 0 Å². The Balaban J connectivity index is 2.18. The van der Waals surface area contributed by atoms with Crippen molar-refractivity contribution in [2.45, 2.75) is 24.3 Å². The van der Waals surface area contributed by atoms with Gasteiger partial charge in [0.25, 0.3) is 0 Å². The highest BCUT2D eigenvalue weighted by molar-refractivity contribution is 5.70. The molecule has 2 aromatic rings. The van der Waals surface area contributed by atoms with Gasteiger partial charge in [0, 0.05) is 17.9 Å². The van der Waals surface area contributed by atoms with E-state index in [4.69, 9.17) is 9.47 Å². The van der Waals surface area contributed by atoms with Gasteiger partial charge in [-0.25, -0.2) is 0 Å². The van der Waals surface area contributed by atoms with Crippen LogP contribution in [0.1, 0.15) is 23.5 Å². The third-order valence-electron chi connectivity index (χ3n) is 4.46. The van der Waals surface area contributed by atoms with Crippen molar-refractivity contribution in [3.63, 3.8) is 0 Å². The van der Waals surface area contributed by atoms with Gasteiger partial charge in [-0.1, -0.05) is 30.3 Å². The van der Waals surface area contributed by atoms with Crippen LogP contribution in [0.2, 0.25) is 0 Å². The monoisotopic (exact) mass is 375 g/mol. The van der Waals surface area contributed by atoms with Crippen LogP contribution in [0.25, 0.3) is 5.76 Å². The number of allylic oxidation sites excluding steroid dienone is 1. The van der Waals surface area contributed by atoms with Gasteiger partial charge in [0.1, 0.15) is 11.5 Å². The first-order valence-electron chi connectivity index (χ1n) is 8.11. The van der Waals surface area contributed by atoms with E-state index in [0.717, 1.165) is 0 Å². The summed E-state index contributed by atoms with van der Waals surface area (Å²) in [7, 11) is 1.46. The molecule has 4 nitrogen and oxygen atoms in total. The Morgan fingerprint density at radius 2 is 1.78 bits per heavy atom. The minimum Gasteiger partial charge on any atom is -0.497 e. The molecule has 1 heterocycles. The van der Waals surface area contributed by atoms with E-state index in [9.17, 15) is 23.5 Å². The molecular weight excluding hydrogens is 359 g/mol. The van der Waals surface area contributed by atoms with E-state index in [1.54, 1.807) is 42.5 Å². The fourth-order valence-electron chi connectivity index (χ4n) is 3.03. The molecule has 0 fully saturated rings. The van der Waals surface area contributed by atoms with Gasteiger partial charge in [-0.05, 0) is 29.8 Å². The molecule has 0 bridgehead atoms. The Hall–Kier alpha value is -2.98. The SMILES string of the molecule is COc1ccc(C2=C(C#N)[C@@H](c3ccccc3)C[C@@](O)(C(F)(F)F)O2)cc1. The number of benzene rings is 2. The van der Waals surface area contributed by atoms with Gasteiger partial charge < -0.3 is 14.6 Å².